The number of ether oxygens (including phenoxy) is 2. The number of rotatable bonds is 5. The summed E-state index contributed by atoms with van der Waals surface area (Å²) in [6, 6.07) is 5.66. The molecule has 0 amide bonds. The van der Waals surface area contributed by atoms with Gasteiger partial charge in [0.2, 0.25) is 6.29 Å². The van der Waals surface area contributed by atoms with E-state index in [4.69, 9.17) is 13.9 Å². The Morgan fingerprint density at radius 1 is 1.10 bits per heavy atom. The molecule has 0 aliphatic rings. The third-order valence-electron chi connectivity index (χ3n) is 2.68. The fourth-order valence-electron chi connectivity index (χ4n) is 1.87. The zero-order chi connectivity index (χ0) is 14.7. The number of fused-ring (bicyclic) bond motifs is 1. The highest BCUT2D eigenvalue weighted by molar-refractivity contribution is 14.1. The maximum Gasteiger partial charge on any atom is 0.344 e. The van der Waals surface area contributed by atoms with Crippen molar-refractivity contribution in [2.75, 3.05) is 13.2 Å². The first-order chi connectivity index (χ1) is 9.56. The van der Waals surface area contributed by atoms with Gasteiger partial charge in [0.15, 0.2) is 5.76 Å². The first-order valence-electron chi connectivity index (χ1n) is 6.22. The van der Waals surface area contributed by atoms with Crippen LogP contribution in [0, 0.1) is 7.14 Å². The molecule has 0 N–H and O–H groups in total. The van der Waals surface area contributed by atoms with Crippen LogP contribution in [0.5, 0.6) is 0 Å². The van der Waals surface area contributed by atoms with Crippen molar-refractivity contribution in [3.63, 3.8) is 0 Å². The molecule has 0 aliphatic heterocycles. The highest BCUT2D eigenvalue weighted by Crippen LogP contribution is 2.26. The van der Waals surface area contributed by atoms with E-state index in [-0.39, 0.29) is 5.63 Å². The molecule has 0 spiro atoms. The van der Waals surface area contributed by atoms with Gasteiger partial charge < -0.3 is 13.9 Å². The lowest BCUT2D eigenvalue weighted by molar-refractivity contribution is -0.151. The van der Waals surface area contributed by atoms with Crippen molar-refractivity contribution in [3.05, 3.63) is 41.5 Å². The molecule has 0 radical (unpaired) electrons. The second kappa shape index (κ2) is 7.19. The summed E-state index contributed by atoms with van der Waals surface area (Å²) in [5, 5.41) is 1.44. The third kappa shape index (κ3) is 3.52. The summed E-state index contributed by atoms with van der Waals surface area (Å²) < 4.78 is 18.3. The van der Waals surface area contributed by atoms with Crippen LogP contribution in [0.1, 0.15) is 25.9 Å². The van der Waals surface area contributed by atoms with Gasteiger partial charge in [-0.3, -0.25) is 0 Å². The van der Waals surface area contributed by atoms with E-state index in [0.29, 0.717) is 24.4 Å². The summed E-state index contributed by atoms with van der Waals surface area (Å²) in [7, 11) is 0. The molecule has 6 heteroatoms. The van der Waals surface area contributed by atoms with E-state index in [0.717, 1.165) is 12.5 Å². The molecule has 2 rings (SSSR count). The van der Waals surface area contributed by atoms with E-state index in [9.17, 15) is 4.79 Å². The molecule has 0 unspecified atom stereocenters. The first-order valence-corrected chi connectivity index (χ1v) is 8.38. The van der Waals surface area contributed by atoms with Crippen LogP contribution in [0.3, 0.4) is 0 Å². The Balaban J connectivity index is 2.59. The van der Waals surface area contributed by atoms with Gasteiger partial charge in [-0.05, 0) is 77.2 Å². The first kappa shape index (κ1) is 16.2. The van der Waals surface area contributed by atoms with Crippen LogP contribution in [-0.4, -0.2) is 13.2 Å². The third-order valence-corrected chi connectivity index (χ3v) is 4.20. The standard InChI is InChI=1S/C14H14I2O4/c1-3-18-14(19-4-2)12-7-9-10(13(17)20-12)5-8(15)6-11(9)16/h5-7,14H,3-4H2,1-2H3. The summed E-state index contributed by atoms with van der Waals surface area (Å²) in [6.45, 7) is 4.71. The molecule has 20 heavy (non-hydrogen) atoms. The molecule has 0 bridgehead atoms. The molecule has 4 nitrogen and oxygen atoms in total. The minimum atomic E-state index is -0.642. The van der Waals surface area contributed by atoms with Crippen LogP contribution in [0.25, 0.3) is 10.8 Å². The zero-order valence-electron chi connectivity index (χ0n) is 11.1. The van der Waals surface area contributed by atoms with Crippen molar-refractivity contribution in [1.29, 1.82) is 0 Å². The Hall–Kier alpha value is -0.190. The van der Waals surface area contributed by atoms with Gasteiger partial charge in [-0.15, -0.1) is 0 Å². The molecular formula is C14H14I2O4. The second-order valence-corrected chi connectivity index (χ2v) is 6.44. The van der Waals surface area contributed by atoms with Gasteiger partial charge in [0.25, 0.3) is 0 Å². The van der Waals surface area contributed by atoms with Crippen molar-refractivity contribution in [2.45, 2.75) is 20.1 Å². The lowest BCUT2D eigenvalue weighted by Gasteiger charge is -2.16. The van der Waals surface area contributed by atoms with Gasteiger partial charge >= 0.3 is 5.63 Å². The van der Waals surface area contributed by atoms with E-state index in [1.54, 1.807) is 0 Å². The van der Waals surface area contributed by atoms with Crippen LogP contribution >= 0.6 is 45.2 Å². The van der Waals surface area contributed by atoms with Gasteiger partial charge in [0.05, 0.1) is 5.39 Å². The fourth-order valence-corrected chi connectivity index (χ4v) is 3.87. The molecule has 0 atom stereocenters. The number of halogens is 2. The minimum Gasteiger partial charge on any atom is -0.422 e. The summed E-state index contributed by atoms with van der Waals surface area (Å²) in [5.41, 5.74) is -0.363. The Morgan fingerprint density at radius 3 is 2.35 bits per heavy atom. The van der Waals surface area contributed by atoms with Crippen LogP contribution in [0.15, 0.2) is 27.4 Å². The van der Waals surface area contributed by atoms with Crippen LogP contribution < -0.4 is 5.63 Å². The Bertz CT molecular complexity index is 660. The summed E-state index contributed by atoms with van der Waals surface area (Å²) in [6.07, 6.45) is -0.642. The average Bonchev–Trinajstić information content (AvgIpc) is 2.39. The number of benzene rings is 1. The van der Waals surface area contributed by atoms with Gasteiger partial charge in [-0.25, -0.2) is 4.79 Å². The second-order valence-electron chi connectivity index (χ2n) is 4.03. The predicted molar refractivity (Wildman–Crippen MR) is 93.9 cm³/mol. The molecule has 108 valence electrons. The molecule has 0 saturated heterocycles. The fraction of sp³-hybridized carbons (Fsp3) is 0.357. The van der Waals surface area contributed by atoms with E-state index < -0.39 is 6.29 Å². The molecule has 2 aromatic rings. The van der Waals surface area contributed by atoms with Crippen molar-refractivity contribution in [1.82, 2.24) is 0 Å². The summed E-state index contributed by atoms with van der Waals surface area (Å²) in [4.78, 5) is 12.1. The maximum absolute atomic E-state index is 12.1. The van der Waals surface area contributed by atoms with Crippen molar-refractivity contribution in [2.24, 2.45) is 0 Å². The molecule has 1 aromatic carbocycles. The van der Waals surface area contributed by atoms with Crippen molar-refractivity contribution < 1.29 is 13.9 Å². The average molecular weight is 500 g/mol. The Kier molecular flexibility index (Phi) is 5.82. The maximum atomic E-state index is 12.1. The predicted octanol–water partition coefficient (Wildman–Crippen LogP) is 4.07. The summed E-state index contributed by atoms with van der Waals surface area (Å²) in [5.74, 6) is 0.408. The largest absolute Gasteiger partial charge is 0.422 e. The zero-order valence-corrected chi connectivity index (χ0v) is 15.4. The monoisotopic (exact) mass is 500 g/mol. The van der Waals surface area contributed by atoms with Gasteiger partial charge in [-0.2, -0.15) is 0 Å². The van der Waals surface area contributed by atoms with Gasteiger partial charge in [0, 0.05) is 25.7 Å². The van der Waals surface area contributed by atoms with Crippen LogP contribution in [0.2, 0.25) is 0 Å². The topological polar surface area (TPSA) is 48.7 Å². The van der Waals surface area contributed by atoms with E-state index >= 15 is 0 Å². The highest BCUT2D eigenvalue weighted by atomic mass is 127. The normalized spacial score (nSPS) is 11.4. The smallest absolute Gasteiger partial charge is 0.344 e. The van der Waals surface area contributed by atoms with Crippen molar-refractivity contribution >= 4 is 56.0 Å². The molecule has 1 heterocycles. The van der Waals surface area contributed by atoms with E-state index in [2.05, 4.69) is 45.2 Å². The van der Waals surface area contributed by atoms with Crippen LogP contribution in [-0.2, 0) is 9.47 Å². The molecule has 0 fully saturated rings. The lowest BCUT2D eigenvalue weighted by Crippen LogP contribution is -2.12. The Labute approximate surface area is 144 Å². The van der Waals surface area contributed by atoms with E-state index in [1.807, 2.05) is 32.0 Å². The molecule has 0 aliphatic carbocycles. The molecule has 0 saturated carbocycles. The van der Waals surface area contributed by atoms with E-state index in [1.165, 1.54) is 0 Å². The lowest BCUT2D eigenvalue weighted by atomic mass is 10.1. The number of hydrogen-bond acceptors (Lipinski definition) is 4. The summed E-state index contributed by atoms with van der Waals surface area (Å²) >= 11 is 4.40. The SMILES string of the molecule is CCOC(OCC)c1cc2c(I)cc(I)cc2c(=O)o1. The van der Waals surface area contributed by atoms with Gasteiger partial charge in [0.1, 0.15) is 0 Å². The Morgan fingerprint density at radius 2 is 1.75 bits per heavy atom. The quantitative estimate of drug-likeness (QED) is 0.459. The number of hydrogen-bond donors (Lipinski definition) is 0. The highest BCUT2D eigenvalue weighted by Gasteiger charge is 2.17. The van der Waals surface area contributed by atoms with Crippen molar-refractivity contribution in [3.8, 4) is 0 Å². The molecule has 1 aromatic heterocycles. The van der Waals surface area contributed by atoms with Crippen LogP contribution in [0.4, 0.5) is 0 Å². The molecular weight excluding hydrogens is 486 g/mol. The minimum absolute atomic E-state index is 0.363. The van der Waals surface area contributed by atoms with Gasteiger partial charge in [-0.1, -0.05) is 0 Å².